The summed E-state index contributed by atoms with van der Waals surface area (Å²) in [6.07, 6.45) is 4.27. The summed E-state index contributed by atoms with van der Waals surface area (Å²) >= 11 is 6.04. The molecule has 1 aliphatic heterocycles. The molecular weight excluding hydrogens is 286 g/mol. The molecular formula is C16H20ClN3O. The number of hydrogen-bond donors (Lipinski definition) is 1. The van der Waals surface area contributed by atoms with Crippen molar-refractivity contribution >= 4 is 28.2 Å². The van der Waals surface area contributed by atoms with Crippen molar-refractivity contribution < 1.29 is 4.74 Å². The van der Waals surface area contributed by atoms with E-state index >= 15 is 0 Å². The maximum Gasteiger partial charge on any atom is 0.0737 e. The minimum absolute atomic E-state index is 0.340. The third-order valence-electron chi connectivity index (χ3n) is 3.94. The number of halogens is 1. The molecule has 0 spiro atoms. The molecule has 3 rings (SSSR count). The first kappa shape index (κ1) is 14.6. The van der Waals surface area contributed by atoms with E-state index in [9.17, 15) is 0 Å². The number of fused-ring (bicyclic) bond motifs is 1. The van der Waals surface area contributed by atoms with E-state index in [1.807, 2.05) is 18.3 Å². The second kappa shape index (κ2) is 6.60. The molecule has 0 saturated carbocycles. The van der Waals surface area contributed by atoms with Gasteiger partial charge in [-0.15, -0.1) is 0 Å². The van der Waals surface area contributed by atoms with Crippen LogP contribution >= 0.6 is 11.6 Å². The SMILES string of the molecule is NCCOC1CCN(c2ccnc3cc(Cl)ccc23)CC1. The summed E-state index contributed by atoms with van der Waals surface area (Å²) in [6, 6.07) is 7.97. The Hall–Kier alpha value is -1.36. The average molecular weight is 306 g/mol. The highest BCUT2D eigenvalue weighted by molar-refractivity contribution is 6.31. The van der Waals surface area contributed by atoms with Gasteiger partial charge in [0.25, 0.3) is 0 Å². The normalized spacial score (nSPS) is 16.6. The molecule has 4 nitrogen and oxygen atoms in total. The van der Waals surface area contributed by atoms with E-state index in [1.54, 1.807) is 0 Å². The summed E-state index contributed by atoms with van der Waals surface area (Å²) in [7, 11) is 0. The molecule has 1 saturated heterocycles. The van der Waals surface area contributed by atoms with Crippen LogP contribution < -0.4 is 10.6 Å². The molecule has 0 aliphatic carbocycles. The Bertz CT molecular complexity index is 611. The Morgan fingerprint density at radius 3 is 2.86 bits per heavy atom. The topological polar surface area (TPSA) is 51.4 Å². The number of rotatable bonds is 4. The van der Waals surface area contributed by atoms with Gasteiger partial charge in [-0.3, -0.25) is 4.98 Å². The number of nitrogens with two attached hydrogens (primary N) is 1. The third-order valence-corrected chi connectivity index (χ3v) is 4.17. The van der Waals surface area contributed by atoms with Gasteiger partial charge in [-0.1, -0.05) is 11.6 Å². The monoisotopic (exact) mass is 305 g/mol. The molecule has 0 atom stereocenters. The molecule has 21 heavy (non-hydrogen) atoms. The molecule has 1 aliphatic rings. The van der Waals surface area contributed by atoms with Crippen molar-refractivity contribution in [1.82, 2.24) is 4.98 Å². The fourth-order valence-corrected chi connectivity index (χ4v) is 3.05. The number of hydrogen-bond acceptors (Lipinski definition) is 4. The number of benzene rings is 1. The number of ether oxygens (including phenoxy) is 1. The first-order chi connectivity index (χ1) is 10.3. The van der Waals surface area contributed by atoms with Crippen LogP contribution in [-0.2, 0) is 4.74 Å². The highest BCUT2D eigenvalue weighted by atomic mass is 35.5. The number of aromatic nitrogens is 1. The quantitative estimate of drug-likeness (QED) is 0.943. The van der Waals surface area contributed by atoms with Gasteiger partial charge in [0, 0.05) is 41.9 Å². The van der Waals surface area contributed by atoms with Crippen LogP contribution in [0.1, 0.15) is 12.8 Å². The van der Waals surface area contributed by atoms with Crippen molar-refractivity contribution in [3.05, 3.63) is 35.5 Å². The summed E-state index contributed by atoms with van der Waals surface area (Å²) in [5, 5.41) is 1.88. The molecule has 112 valence electrons. The lowest BCUT2D eigenvalue weighted by molar-refractivity contribution is 0.0422. The molecule has 2 N–H and O–H groups in total. The lowest BCUT2D eigenvalue weighted by atomic mass is 10.1. The van der Waals surface area contributed by atoms with Crippen LogP contribution in [-0.4, -0.2) is 37.3 Å². The van der Waals surface area contributed by atoms with E-state index in [2.05, 4.69) is 22.0 Å². The van der Waals surface area contributed by atoms with Crippen LogP contribution in [0, 0.1) is 0 Å². The first-order valence-corrected chi connectivity index (χ1v) is 7.76. The Labute approximate surface area is 129 Å². The molecule has 0 radical (unpaired) electrons. The number of pyridine rings is 1. The van der Waals surface area contributed by atoms with E-state index in [-0.39, 0.29) is 0 Å². The van der Waals surface area contributed by atoms with Crippen molar-refractivity contribution in [2.75, 3.05) is 31.1 Å². The van der Waals surface area contributed by atoms with Crippen molar-refractivity contribution in [3.8, 4) is 0 Å². The van der Waals surface area contributed by atoms with Crippen LogP contribution in [0.5, 0.6) is 0 Å². The second-order valence-corrected chi connectivity index (χ2v) is 5.77. The summed E-state index contributed by atoms with van der Waals surface area (Å²) in [4.78, 5) is 6.81. The average Bonchev–Trinajstić information content (AvgIpc) is 2.52. The van der Waals surface area contributed by atoms with Gasteiger partial charge in [-0.25, -0.2) is 0 Å². The molecule has 5 heteroatoms. The Morgan fingerprint density at radius 1 is 1.29 bits per heavy atom. The van der Waals surface area contributed by atoms with E-state index in [4.69, 9.17) is 22.1 Å². The zero-order valence-electron chi connectivity index (χ0n) is 12.0. The lowest BCUT2D eigenvalue weighted by Crippen LogP contribution is -2.37. The minimum Gasteiger partial charge on any atom is -0.377 e. The van der Waals surface area contributed by atoms with Gasteiger partial charge in [0.05, 0.1) is 18.2 Å². The second-order valence-electron chi connectivity index (χ2n) is 5.34. The fourth-order valence-electron chi connectivity index (χ4n) is 2.88. The number of anilines is 1. The smallest absolute Gasteiger partial charge is 0.0737 e. The summed E-state index contributed by atoms with van der Waals surface area (Å²) in [6.45, 7) is 3.24. The minimum atomic E-state index is 0.340. The van der Waals surface area contributed by atoms with Gasteiger partial charge < -0.3 is 15.4 Å². The standard InChI is InChI=1S/C16H20ClN3O/c17-12-1-2-14-15(11-12)19-7-3-16(14)20-8-4-13(5-9-20)21-10-6-18/h1-3,7,11,13H,4-6,8-10,18H2. The Balaban J connectivity index is 1.76. The van der Waals surface area contributed by atoms with E-state index < -0.39 is 0 Å². The number of piperidine rings is 1. The van der Waals surface area contributed by atoms with E-state index in [1.165, 1.54) is 5.69 Å². The molecule has 1 fully saturated rings. The van der Waals surface area contributed by atoms with Crippen molar-refractivity contribution in [3.63, 3.8) is 0 Å². The Morgan fingerprint density at radius 2 is 2.10 bits per heavy atom. The summed E-state index contributed by atoms with van der Waals surface area (Å²) in [5.41, 5.74) is 7.66. The summed E-state index contributed by atoms with van der Waals surface area (Å²) < 4.78 is 5.74. The van der Waals surface area contributed by atoms with Crippen molar-refractivity contribution in [1.29, 1.82) is 0 Å². The lowest BCUT2D eigenvalue weighted by Gasteiger charge is -2.34. The van der Waals surface area contributed by atoms with E-state index in [0.29, 0.717) is 19.3 Å². The zero-order chi connectivity index (χ0) is 14.7. The van der Waals surface area contributed by atoms with Crippen molar-refractivity contribution in [2.24, 2.45) is 5.73 Å². The van der Waals surface area contributed by atoms with E-state index in [0.717, 1.165) is 41.9 Å². The molecule has 1 aromatic heterocycles. The van der Waals surface area contributed by atoms with Crippen LogP contribution in [0.15, 0.2) is 30.5 Å². The van der Waals surface area contributed by atoms with Gasteiger partial charge in [-0.2, -0.15) is 0 Å². The maximum atomic E-state index is 6.04. The highest BCUT2D eigenvalue weighted by Crippen LogP contribution is 2.29. The summed E-state index contributed by atoms with van der Waals surface area (Å²) in [5.74, 6) is 0. The number of nitrogens with zero attached hydrogens (tertiary/aromatic N) is 2. The zero-order valence-corrected chi connectivity index (χ0v) is 12.7. The van der Waals surface area contributed by atoms with Gasteiger partial charge >= 0.3 is 0 Å². The van der Waals surface area contributed by atoms with Crippen LogP contribution in [0.3, 0.4) is 0 Å². The molecule has 2 heterocycles. The van der Waals surface area contributed by atoms with Crippen LogP contribution in [0.2, 0.25) is 5.02 Å². The molecule has 0 bridgehead atoms. The van der Waals surface area contributed by atoms with Gasteiger partial charge in [0.1, 0.15) is 0 Å². The van der Waals surface area contributed by atoms with Gasteiger partial charge in [0.2, 0.25) is 0 Å². The Kier molecular flexibility index (Phi) is 4.58. The third kappa shape index (κ3) is 3.28. The molecule has 0 unspecified atom stereocenters. The first-order valence-electron chi connectivity index (χ1n) is 7.39. The van der Waals surface area contributed by atoms with Crippen LogP contribution in [0.4, 0.5) is 5.69 Å². The van der Waals surface area contributed by atoms with Crippen molar-refractivity contribution in [2.45, 2.75) is 18.9 Å². The van der Waals surface area contributed by atoms with Crippen LogP contribution in [0.25, 0.3) is 10.9 Å². The van der Waals surface area contributed by atoms with Gasteiger partial charge in [-0.05, 0) is 37.1 Å². The maximum absolute atomic E-state index is 6.04. The predicted octanol–water partition coefficient (Wildman–Crippen LogP) is 2.83. The largest absolute Gasteiger partial charge is 0.377 e. The predicted molar refractivity (Wildman–Crippen MR) is 87.0 cm³/mol. The fraction of sp³-hybridized carbons (Fsp3) is 0.438. The highest BCUT2D eigenvalue weighted by Gasteiger charge is 2.21. The molecule has 2 aromatic rings. The molecule has 0 amide bonds. The van der Waals surface area contributed by atoms with Gasteiger partial charge in [0.15, 0.2) is 0 Å². The molecule has 1 aromatic carbocycles.